The van der Waals surface area contributed by atoms with Crippen molar-refractivity contribution in [2.24, 2.45) is 0 Å². The number of nitrogens with one attached hydrogen (secondary N) is 3. The van der Waals surface area contributed by atoms with Crippen molar-refractivity contribution in [3.05, 3.63) is 48.0 Å². The van der Waals surface area contributed by atoms with Gasteiger partial charge in [-0.15, -0.1) is 0 Å². The first kappa shape index (κ1) is 19.1. The molecule has 0 bridgehead atoms. The zero-order valence-electron chi connectivity index (χ0n) is 15.1. The van der Waals surface area contributed by atoms with Crippen molar-refractivity contribution in [3.8, 4) is 11.5 Å². The molecular weight excluding hydrogens is 334 g/mol. The van der Waals surface area contributed by atoms with Crippen LogP contribution >= 0.6 is 0 Å². The van der Waals surface area contributed by atoms with Crippen molar-refractivity contribution < 1.29 is 19.1 Å². The summed E-state index contributed by atoms with van der Waals surface area (Å²) < 4.78 is 10.5. The van der Waals surface area contributed by atoms with Crippen molar-refractivity contribution in [1.82, 2.24) is 5.32 Å². The lowest BCUT2D eigenvalue weighted by molar-refractivity contribution is -0.116. The van der Waals surface area contributed by atoms with E-state index in [1.807, 2.05) is 18.2 Å². The first-order chi connectivity index (χ1) is 12.5. The van der Waals surface area contributed by atoms with E-state index in [-0.39, 0.29) is 11.9 Å². The van der Waals surface area contributed by atoms with E-state index in [2.05, 4.69) is 16.0 Å². The summed E-state index contributed by atoms with van der Waals surface area (Å²) in [6.45, 7) is 0. The standard InChI is InChI=1S/C19H23N3O4/c1-20-19(24)22-15-8-6-14(7-9-15)21-18(23)11-5-13-4-10-16(25-2)17(12-13)26-3/h4,6-10,12H,5,11H2,1-3H3,(H,21,23)(H2,20,22,24). The molecule has 0 atom stereocenters. The average molecular weight is 357 g/mol. The summed E-state index contributed by atoms with van der Waals surface area (Å²) in [7, 11) is 4.71. The van der Waals surface area contributed by atoms with Gasteiger partial charge in [0.05, 0.1) is 14.2 Å². The fourth-order valence-corrected chi connectivity index (χ4v) is 2.35. The van der Waals surface area contributed by atoms with Crippen molar-refractivity contribution in [2.45, 2.75) is 12.8 Å². The van der Waals surface area contributed by atoms with Crippen LogP contribution in [0.3, 0.4) is 0 Å². The van der Waals surface area contributed by atoms with Crippen LogP contribution in [0.2, 0.25) is 0 Å². The van der Waals surface area contributed by atoms with Crippen LogP contribution in [-0.4, -0.2) is 33.2 Å². The zero-order chi connectivity index (χ0) is 18.9. The zero-order valence-corrected chi connectivity index (χ0v) is 15.1. The number of rotatable bonds is 7. The minimum Gasteiger partial charge on any atom is -0.493 e. The van der Waals surface area contributed by atoms with E-state index in [9.17, 15) is 9.59 Å². The van der Waals surface area contributed by atoms with Crippen LogP contribution in [0.5, 0.6) is 11.5 Å². The number of hydrogen-bond donors (Lipinski definition) is 3. The monoisotopic (exact) mass is 357 g/mol. The highest BCUT2D eigenvalue weighted by Crippen LogP contribution is 2.28. The molecule has 0 saturated carbocycles. The number of anilines is 2. The number of urea groups is 1. The minimum atomic E-state index is -0.295. The second-order valence-corrected chi connectivity index (χ2v) is 5.52. The van der Waals surface area contributed by atoms with Gasteiger partial charge in [-0.25, -0.2) is 4.79 Å². The molecule has 2 rings (SSSR count). The molecule has 0 spiro atoms. The maximum Gasteiger partial charge on any atom is 0.318 e. The minimum absolute atomic E-state index is 0.0909. The van der Waals surface area contributed by atoms with Crippen LogP contribution in [0.4, 0.5) is 16.2 Å². The van der Waals surface area contributed by atoms with E-state index in [4.69, 9.17) is 9.47 Å². The van der Waals surface area contributed by atoms with Crippen LogP contribution in [0.25, 0.3) is 0 Å². The highest BCUT2D eigenvalue weighted by Gasteiger charge is 2.08. The number of amides is 3. The number of methoxy groups -OCH3 is 2. The summed E-state index contributed by atoms with van der Waals surface area (Å²) in [6, 6.07) is 12.2. The molecular formula is C19H23N3O4. The van der Waals surface area contributed by atoms with Crippen LogP contribution in [0.15, 0.2) is 42.5 Å². The molecule has 0 radical (unpaired) electrons. The largest absolute Gasteiger partial charge is 0.493 e. The summed E-state index contributed by atoms with van der Waals surface area (Å²) in [5.41, 5.74) is 2.31. The van der Waals surface area contributed by atoms with Gasteiger partial charge in [0.15, 0.2) is 11.5 Å². The van der Waals surface area contributed by atoms with Gasteiger partial charge >= 0.3 is 6.03 Å². The molecule has 138 valence electrons. The number of carbonyl (C=O) groups excluding carboxylic acids is 2. The molecule has 3 amide bonds. The van der Waals surface area contributed by atoms with Gasteiger partial charge < -0.3 is 25.4 Å². The SMILES string of the molecule is CNC(=O)Nc1ccc(NC(=O)CCc2ccc(OC)c(OC)c2)cc1. The predicted octanol–water partition coefficient (Wildman–Crippen LogP) is 3.03. The lowest BCUT2D eigenvalue weighted by Crippen LogP contribution is -2.24. The third-order valence-electron chi connectivity index (χ3n) is 3.74. The molecule has 2 aromatic rings. The Kier molecular flexibility index (Phi) is 6.84. The van der Waals surface area contributed by atoms with Gasteiger partial charge in [-0.05, 0) is 48.4 Å². The van der Waals surface area contributed by atoms with E-state index in [0.717, 1.165) is 5.56 Å². The molecule has 0 heterocycles. The molecule has 7 nitrogen and oxygen atoms in total. The Morgan fingerprint density at radius 2 is 1.50 bits per heavy atom. The highest BCUT2D eigenvalue weighted by molar-refractivity contribution is 5.92. The Labute approximate surface area is 152 Å². The molecule has 0 saturated heterocycles. The number of hydrogen-bond acceptors (Lipinski definition) is 4. The normalized spacial score (nSPS) is 9.96. The van der Waals surface area contributed by atoms with Gasteiger partial charge in [0, 0.05) is 24.8 Å². The van der Waals surface area contributed by atoms with Crippen molar-refractivity contribution in [2.75, 3.05) is 31.9 Å². The third-order valence-corrected chi connectivity index (χ3v) is 3.74. The smallest absolute Gasteiger partial charge is 0.318 e. The van der Waals surface area contributed by atoms with Crippen molar-refractivity contribution in [3.63, 3.8) is 0 Å². The van der Waals surface area contributed by atoms with Gasteiger partial charge in [-0.2, -0.15) is 0 Å². The Morgan fingerprint density at radius 3 is 2.08 bits per heavy atom. The van der Waals surface area contributed by atoms with Gasteiger partial charge in [0.1, 0.15) is 0 Å². The van der Waals surface area contributed by atoms with Crippen molar-refractivity contribution in [1.29, 1.82) is 0 Å². The van der Waals surface area contributed by atoms with E-state index in [0.29, 0.717) is 35.7 Å². The molecule has 0 aromatic heterocycles. The summed E-state index contributed by atoms with van der Waals surface area (Å²) in [6.07, 6.45) is 0.927. The molecule has 0 aliphatic carbocycles. The predicted molar refractivity (Wildman–Crippen MR) is 101 cm³/mol. The van der Waals surface area contributed by atoms with Crippen LogP contribution in [0.1, 0.15) is 12.0 Å². The lowest BCUT2D eigenvalue weighted by atomic mass is 10.1. The third kappa shape index (κ3) is 5.41. The van der Waals surface area contributed by atoms with E-state index >= 15 is 0 Å². The Hall–Kier alpha value is -3.22. The van der Waals surface area contributed by atoms with Gasteiger partial charge in [0.2, 0.25) is 5.91 Å². The molecule has 0 aliphatic heterocycles. The van der Waals surface area contributed by atoms with Gasteiger partial charge in [0.25, 0.3) is 0 Å². The van der Waals surface area contributed by atoms with E-state index in [1.54, 1.807) is 45.5 Å². The van der Waals surface area contributed by atoms with E-state index < -0.39 is 0 Å². The molecule has 0 fully saturated rings. The number of aryl methyl sites for hydroxylation is 1. The molecule has 0 aliphatic rings. The second kappa shape index (κ2) is 9.31. The maximum atomic E-state index is 12.1. The molecule has 0 unspecified atom stereocenters. The fraction of sp³-hybridized carbons (Fsp3) is 0.263. The van der Waals surface area contributed by atoms with Gasteiger partial charge in [-0.3, -0.25) is 4.79 Å². The van der Waals surface area contributed by atoms with Gasteiger partial charge in [-0.1, -0.05) is 6.07 Å². The molecule has 26 heavy (non-hydrogen) atoms. The number of ether oxygens (including phenoxy) is 2. The van der Waals surface area contributed by atoms with Crippen molar-refractivity contribution >= 4 is 23.3 Å². The first-order valence-corrected chi connectivity index (χ1v) is 8.15. The summed E-state index contributed by atoms with van der Waals surface area (Å²) >= 11 is 0. The Bertz CT molecular complexity index is 760. The first-order valence-electron chi connectivity index (χ1n) is 8.15. The summed E-state index contributed by atoms with van der Waals surface area (Å²) in [5, 5.41) is 7.96. The number of benzene rings is 2. The van der Waals surface area contributed by atoms with E-state index in [1.165, 1.54) is 0 Å². The Balaban J connectivity index is 1.88. The fourth-order valence-electron chi connectivity index (χ4n) is 2.35. The number of carbonyl (C=O) groups is 2. The maximum absolute atomic E-state index is 12.1. The van der Waals surface area contributed by atoms with Crippen LogP contribution < -0.4 is 25.4 Å². The molecule has 7 heteroatoms. The summed E-state index contributed by atoms with van der Waals surface area (Å²) in [4.78, 5) is 23.4. The second-order valence-electron chi connectivity index (χ2n) is 5.52. The van der Waals surface area contributed by atoms with Crippen LogP contribution in [0, 0.1) is 0 Å². The average Bonchev–Trinajstić information content (AvgIpc) is 2.67. The highest BCUT2D eigenvalue weighted by atomic mass is 16.5. The quantitative estimate of drug-likeness (QED) is 0.711. The molecule has 2 aromatic carbocycles. The Morgan fingerprint density at radius 1 is 0.885 bits per heavy atom. The topological polar surface area (TPSA) is 88.7 Å². The summed E-state index contributed by atoms with van der Waals surface area (Å²) in [5.74, 6) is 1.21. The lowest BCUT2D eigenvalue weighted by Gasteiger charge is -2.10. The molecule has 3 N–H and O–H groups in total. The van der Waals surface area contributed by atoms with Crippen LogP contribution in [-0.2, 0) is 11.2 Å².